The molecule has 7 nitrogen and oxygen atoms in total. The van der Waals surface area contributed by atoms with Gasteiger partial charge in [-0.2, -0.15) is 5.26 Å². The lowest BCUT2D eigenvalue weighted by atomic mass is 9.94. The summed E-state index contributed by atoms with van der Waals surface area (Å²) in [6.07, 6.45) is 7.56. The molecule has 0 radical (unpaired) electrons. The van der Waals surface area contributed by atoms with Crippen molar-refractivity contribution in [3.05, 3.63) is 46.9 Å². The van der Waals surface area contributed by atoms with E-state index in [2.05, 4.69) is 21.5 Å². The normalized spacial score (nSPS) is 16.5. The minimum atomic E-state index is -0.199. The van der Waals surface area contributed by atoms with E-state index in [0.717, 1.165) is 30.6 Å². The molecule has 1 aliphatic heterocycles. The third kappa shape index (κ3) is 4.86. The van der Waals surface area contributed by atoms with Crippen molar-refractivity contribution >= 4 is 23.3 Å². The number of nitrogens with one attached hydrogen (secondary N) is 1. The molecule has 2 aromatic heterocycles. The fraction of sp³-hybridized carbons (Fsp3) is 0.368. The van der Waals surface area contributed by atoms with E-state index >= 15 is 0 Å². The molecule has 8 heteroatoms. The van der Waals surface area contributed by atoms with Crippen LogP contribution in [0, 0.1) is 11.5 Å². The molecule has 140 valence electrons. The molecule has 1 unspecified atom stereocenters. The van der Waals surface area contributed by atoms with Gasteiger partial charge in [-0.15, -0.1) is 0 Å². The number of halogens is 1. The van der Waals surface area contributed by atoms with Crippen LogP contribution >= 0.6 is 11.6 Å². The number of ether oxygens (including phenoxy) is 1. The molecule has 1 fully saturated rings. The number of likely N-dealkylation sites (tertiary alicyclic amines) is 1. The van der Waals surface area contributed by atoms with Gasteiger partial charge in [-0.3, -0.25) is 9.78 Å². The number of carbonyl (C=O) groups is 1. The summed E-state index contributed by atoms with van der Waals surface area (Å²) >= 11 is 5.93. The zero-order chi connectivity index (χ0) is 19.2. The fourth-order valence-corrected chi connectivity index (χ4v) is 3.29. The van der Waals surface area contributed by atoms with Crippen molar-refractivity contribution < 1.29 is 9.53 Å². The number of rotatable bonds is 5. The van der Waals surface area contributed by atoms with Crippen molar-refractivity contribution in [1.82, 2.24) is 14.9 Å². The molecule has 3 rings (SSSR count). The molecule has 1 saturated heterocycles. The average molecular weight is 386 g/mol. The Hall–Kier alpha value is -2.85. The molecule has 1 N–H and O–H groups in total. The lowest BCUT2D eigenvalue weighted by molar-refractivity contribution is -0.115. The summed E-state index contributed by atoms with van der Waals surface area (Å²) in [6.45, 7) is 1.52. The summed E-state index contributed by atoms with van der Waals surface area (Å²) in [5, 5.41) is 12.2. The molecule has 1 atom stereocenters. The number of nitriles is 1. The standard InChI is InChI=1S/C19H20ClN5O2/c1-27-17-8-18(23-10-15(17)20)24-19(26)7-13-4-5-16(22-9-13)14-3-2-6-25(11-14)12-21/h4-5,8-10,14H,2-3,6-7,11H2,1H3,(H,23,24,26). The topological polar surface area (TPSA) is 91.1 Å². The number of carbonyl (C=O) groups excluding carboxylic acids is 1. The highest BCUT2D eigenvalue weighted by atomic mass is 35.5. The highest BCUT2D eigenvalue weighted by molar-refractivity contribution is 6.32. The van der Waals surface area contributed by atoms with Crippen molar-refractivity contribution in [2.75, 3.05) is 25.5 Å². The van der Waals surface area contributed by atoms with Crippen LogP contribution in [-0.2, 0) is 11.2 Å². The maximum absolute atomic E-state index is 12.2. The van der Waals surface area contributed by atoms with Crippen molar-refractivity contribution in [3.63, 3.8) is 0 Å². The quantitative estimate of drug-likeness (QED) is 0.795. The molecule has 0 aromatic carbocycles. The Morgan fingerprint density at radius 1 is 1.44 bits per heavy atom. The Labute approximate surface area is 162 Å². The number of methoxy groups -OCH3 is 1. The first-order valence-electron chi connectivity index (χ1n) is 8.68. The smallest absolute Gasteiger partial charge is 0.230 e. The van der Waals surface area contributed by atoms with Crippen molar-refractivity contribution in [2.24, 2.45) is 0 Å². The second-order valence-electron chi connectivity index (χ2n) is 6.41. The number of nitrogens with zero attached hydrogens (tertiary/aromatic N) is 4. The minimum Gasteiger partial charge on any atom is -0.495 e. The Balaban J connectivity index is 1.59. The summed E-state index contributed by atoms with van der Waals surface area (Å²) < 4.78 is 5.12. The third-order valence-electron chi connectivity index (χ3n) is 4.50. The maximum atomic E-state index is 12.2. The van der Waals surface area contributed by atoms with Gasteiger partial charge in [0.25, 0.3) is 0 Å². The SMILES string of the molecule is COc1cc(NC(=O)Cc2ccc(C3CCCN(C#N)C3)nc2)ncc1Cl. The van der Waals surface area contributed by atoms with E-state index in [-0.39, 0.29) is 18.2 Å². The largest absolute Gasteiger partial charge is 0.495 e. The van der Waals surface area contributed by atoms with E-state index in [1.165, 1.54) is 13.3 Å². The van der Waals surface area contributed by atoms with Gasteiger partial charge < -0.3 is 15.0 Å². The van der Waals surface area contributed by atoms with E-state index in [1.807, 2.05) is 12.1 Å². The fourth-order valence-electron chi connectivity index (χ4n) is 3.11. The monoisotopic (exact) mass is 385 g/mol. The number of pyridine rings is 2. The molecular weight excluding hydrogens is 366 g/mol. The molecule has 3 heterocycles. The second kappa shape index (κ2) is 8.69. The Bertz CT molecular complexity index is 850. The minimum absolute atomic E-state index is 0.189. The van der Waals surface area contributed by atoms with Crippen molar-refractivity contribution in [2.45, 2.75) is 25.2 Å². The summed E-state index contributed by atoms with van der Waals surface area (Å²) in [4.78, 5) is 22.6. The highest BCUT2D eigenvalue weighted by Crippen LogP contribution is 2.26. The van der Waals surface area contributed by atoms with Gasteiger partial charge in [-0.25, -0.2) is 4.98 Å². The summed E-state index contributed by atoms with van der Waals surface area (Å²) in [5.41, 5.74) is 1.77. The van der Waals surface area contributed by atoms with Crippen LogP contribution in [0.4, 0.5) is 5.82 Å². The van der Waals surface area contributed by atoms with Gasteiger partial charge >= 0.3 is 0 Å². The number of hydrogen-bond donors (Lipinski definition) is 1. The lowest BCUT2D eigenvalue weighted by Crippen LogP contribution is -2.30. The van der Waals surface area contributed by atoms with Crippen LogP contribution in [0.3, 0.4) is 0 Å². The van der Waals surface area contributed by atoms with E-state index < -0.39 is 0 Å². The van der Waals surface area contributed by atoms with Gasteiger partial charge in [0.2, 0.25) is 5.91 Å². The molecule has 27 heavy (non-hydrogen) atoms. The molecule has 2 aromatic rings. The predicted octanol–water partition coefficient (Wildman–Crippen LogP) is 2.98. The van der Waals surface area contributed by atoms with Gasteiger partial charge in [0.15, 0.2) is 6.19 Å². The van der Waals surface area contributed by atoms with Crippen molar-refractivity contribution in [3.8, 4) is 11.9 Å². The molecule has 0 spiro atoms. The van der Waals surface area contributed by atoms with Gasteiger partial charge in [0.1, 0.15) is 16.6 Å². The van der Waals surface area contributed by atoms with Crippen LogP contribution < -0.4 is 10.1 Å². The summed E-state index contributed by atoms with van der Waals surface area (Å²) in [6, 6.07) is 5.42. The van der Waals surface area contributed by atoms with E-state index in [4.69, 9.17) is 21.6 Å². The van der Waals surface area contributed by atoms with Gasteiger partial charge in [-0.05, 0) is 24.5 Å². The second-order valence-corrected chi connectivity index (χ2v) is 6.81. The molecule has 0 saturated carbocycles. The number of hydrogen-bond acceptors (Lipinski definition) is 6. The van der Waals surface area contributed by atoms with Crippen LogP contribution in [-0.4, -0.2) is 41.0 Å². The summed E-state index contributed by atoms with van der Waals surface area (Å²) in [5.74, 6) is 0.887. The molecule has 1 aliphatic rings. The highest BCUT2D eigenvalue weighted by Gasteiger charge is 2.21. The lowest BCUT2D eigenvalue weighted by Gasteiger charge is -2.28. The van der Waals surface area contributed by atoms with Crippen LogP contribution in [0.2, 0.25) is 5.02 Å². The first-order valence-corrected chi connectivity index (χ1v) is 9.05. The van der Waals surface area contributed by atoms with E-state index in [9.17, 15) is 4.79 Å². The van der Waals surface area contributed by atoms with Gasteiger partial charge in [0.05, 0.1) is 19.7 Å². The number of aromatic nitrogens is 2. The number of amides is 1. The predicted molar refractivity (Wildman–Crippen MR) is 102 cm³/mol. The maximum Gasteiger partial charge on any atom is 0.230 e. The molecule has 0 bridgehead atoms. The molecular formula is C19H20ClN5O2. The summed E-state index contributed by atoms with van der Waals surface area (Å²) in [7, 11) is 1.50. The Morgan fingerprint density at radius 3 is 3.00 bits per heavy atom. The van der Waals surface area contributed by atoms with Crippen molar-refractivity contribution in [1.29, 1.82) is 5.26 Å². The van der Waals surface area contributed by atoms with Crippen LogP contribution in [0.15, 0.2) is 30.6 Å². The average Bonchev–Trinajstić information content (AvgIpc) is 2.70. The molecule has 1 amide bonds. The first kappa shape index (κ1) is 18.9. The Morgan fingerprint density at radius 2 is 2.30 bits per heavy atom. The van der Waals surface area contributed by atoms with Gasteiger partial charge in [-0.1, -0.05) is 17.7 Å². The van der Waals surface area contributed by atoms with Crippen LogP contribution in [0.1, 0.15) is 30.0 Å². The van der Waals surface area contributed by atoms with Crippen LogP contribution in [0.25, 0.3) is 0 Å². The van der Waals surface area contributed by atoms with E-state index in [0.29, 0.717) is 23.1 Å². The van der Waals surface area contributed by atoms with Gasteiger partial charge in [0, 0.05) is 37.0 Å². The Kier molecular flexibility index (Phi) is 6.09. The number of anilines is 1. The van der Waals surface area contributed by atoms with E-state index in [1.54, 1.807) is 17.2 Å². The zero-order valence-corrected chi connectivity index (χ0v) is 15.7. The number of piperidine rings is 1. The molecule has 0 aliphatic carbocycles. The first-order chi connectivity index (χ1) is 13.1. The zero-order valence-electron chi connectivity index (χ0n) is 15.0. The third-order valence-corrected chi connectivity index (χ3v) is 4.78. The van der Waals surface area contributed by atoms with Crippen LogP contribution in [0.5, 0.6) is 5.75 Å².